The van der Waals surface area contributed by atoms with Crippen molar-refractivity contribution in [2.45, 2.75) is 20.0 Å². The molecule has 0 atom stereocenters. The standard InChI is InChI=1S/C17H13BrF3N3O/c1-9-3-5-12(7-13(9)18)23-16(25)15-10(2)22-14-6-4-11(8-24(14)15)17(19,20)21/h3-8H,1-2H3,(H,23,25). The molecule has 2 aromatic heterocycles. The SMILES string of the molecule is Cc1ccc(NC(=O)c2c(C)nc3ccc(C(F)(F)F)cn23)cc1Br. The minimum absolute atomic E-state index is 0.0674. The van der Waals surface area contributed by atoms with Crippen LogP contribution >= 0.6 is 15.9 Å². The third kappa shape index (κ3) is 3.39. The Labute approximate surface area is 149 Å². The van der Waals surface area contributed by atoms with Gasteiger partial charge in [-0.25, -0.2) is 4.98 Å². The first-order valence-electron chi connectivity index (χ1n) is 7.30. The number of hydrogen-bond acceptors (Lipinski definition) is 2. The number of amides is 1. The normalized spacial score (nSPS) is 11.8. The zero-order valence-corrected chi connectivity index (χ0v) is 14.9. The van der Waals surface area contributed by atoms with Crippen LogP contribution in [-0.2, 0) is 6.18 Å². The van der Waals surface area contributed by atoms with Crippen LogP contribution in [0.4, 0.5) is 18.9 Å². The van der Waals surface area contributed by atoms with Gasteiger partial charge in [0.25, 0.3) is 5.91 Å². The molecule has 3 rings (SSSR count). The predicted octanol–water partition coefficient (Wildman–Crippen LogP) is 4.98. The Balaban J connectivity index is 2.03. The fourth-order valence-electron chi connectivity index (χ4n) is 2.46. The number of carbonyl (C=O) groups excluding carboxylic acids is 1. The molecule has 0 radical (unpaired) electrons. The van der Waals surface area contributed by atoms with E-state index in [-0.39, 0.29) is 11.3 Å². The molecule has 1 N–H and O–H groups in total. The summed E-state index contributed by atoms with van der Waals surface area (Å²) in [4.78, 5) is 16.8. The highest BCUT2D eigenvalue weighted by atomic mass is 79.9. The number of aromatic nitrogens is 2. The van der Waals surface area contributed by atoms with Gasteiger partial charge in [0.1, 0.15) is 11.3 Å². The average molecular weight is 412 g/mol. The lowest BCUT2D eigenvalue weighted by atomic mass is 10.2. The number of halogens is 4. The van der Waals surface area contributed by atoms with E-state index in [9.17, 15) is 18.0 Å². The Morgan fingerprint density at radius 3 is 2.56 bits per heavy atom. The Bertz CT molecular complexity index is 979. The third-order valence-electron chi connectivity index (χ3n) is 3.76. The number of nitrogens with zero attached hydrogens (tertiary/aromatic N) is 2. The molecule has 1 amide bonds. The minimum atomic E-state index is -4.50. The zero-order valence-electron chi connectivity index (χ0n) is 13.3. The molecule has 0 saturated carbocycles. The highest BCUT2D eigenvalue weighted by molar-refractivity contribution is 9.10. The molecule has 2 heterocycles. The molecule has 0 aliphatic heterocycles. The van der Waals surface area contributed by atoms with E-state index in [1.54, 1.807) is 19.1 Å². The summed E-state index contributed by atoms with van der Waals surface area (Å²) in [6, 6.07) is 7.46. The van der Waals surface area contributed by atoms with Crippen molar-refractivity contribution in [2.24, 2.45) is 0 Å². The zero-order chi connectivity index (χ0) is 18.4. The number of hydrogen-bond donors (Lipinski definition) is 1. The van der Waals surface area contributed by atoms with Crippen LogP contribution in [0.3, 0.4) is 0 Å². The Morgan fingerprint density at radius 2 is 1.92 bits per heavy atom. The van der Waals surface area contributed by atoms with Crippen molar-refractivity contribution < 1.29 is 18.0 Å². The lowest BCUT2D eigenvalue weighted by Gasteiger charge is -2.10. The second kappa shape index (κ2) is 6.18. The summed E-state index contributed by atoms with van der Waals surface area (Å²) >= 11 is 3.38. The average Bonchev–Trinajstić information content (AvgIpc) is 2.85. The van der Waals surface area contributed by atoms with E-state index in [1.807, 2.05) is 13.0 Å². The number of alkyl halides is 3. The van der Waals surface area contributed by atoms with Gasteiger partial charge in [0.15, 0.2) is 0 Å². The highest BCUT2D eigenvalue weighted by Gasteiger charge is 2.31. The molecule has 8 heteroatoms. The quantitative estimate of drug-likeness (QED) is 0.645. The number of rotatable bonds is 2. The molecule has 0 unspecified atom stereocenters. The van der Waals surface area contributed by atoms with E-state index < -0.39 is 17.6 Å². The molecule has 1 aromatic carbocycles. The molecular formula is C17H13BrF3N3O. The van der Waals surface area contributed by atoms with Gasteiger partial charge in [-0.1, -0.05) is 22.0 Å². The van der Waals surface area contributed by atoms with Crippen molar-refractivity contribution in [2.75, 3.05) is 5.32 Å². The van der Waals surface area contributed by atoms with Crippen molar-refractivity contribution in [3.05, 3.63) is 63.5 Å². The van der Waals surface area contributed by atoms with Crippen LogP contribution in [0.15, 0.2) is 41.0 Å². The number of carbonyl (C=O) groups is 1. The molecule has 0 bridgehead atoms. The highest BCUT2D eigenvalue weighted by Crippen LogP contribution is 2.30. The van der Waals surface area contributed by atoms with Crippen LogP contribution in [0.1, 0.15) is 27.3 Å². The molecule has 25 heavy (non-hydrogen) atoms. The van der Waals surface area contributed by atoms with E-state index in [0.717, 1.165) is 26.7 Å². The van der Waals surface area contributed by atoms with Gasteiger partial charge >= 0.3 is 6.18 Å². The van der Waals surface area contributed by atoms with Crippen LogP contribution in [0.25, 0.3) is 5.65 Å². The molecule has 0 aliphatic rings. The number of nitrogens with one attached hydrogen (secondary N) is 1. The van der Waals surface area contributed by atoms with Crippen molar-refractivity contribution in [3.8, 4) is 0 Å². The molecule has 3 aromatic rings. The Morgan fingerprint density at radius 1 is 1.20 bits per heavy atom. The first-order valence-corrected chi connectivity index (χ1v) is 8.09. The van der Waals surface area contributed by atoms with E-state index >= 15 is 0 Å². The summed E-state index contributed by atoms with van der Waals surface area (Å²) < 4.78 is 40.8. The van der Waals surface area contributed by atoms with Crippen molar-refractivity contribution in [3.63, 3.8) is 0 Å². The first kappa shape index (κ1) is 17.5. The number of imidazole rings is 1. The van der Waals surface area contributed by atoms with Crippen molar-refractivity contribution in [1.82, 2.24) is 9.38 Å². The maximum Gasteiger partial charge on any atom is 0.417 e. The van der Waals surface area contributed by atoms with E-state index in [4.69, 9.17) is 0 Å². The molecule has 0 aliphatic carbocycles. The smallest absolute Gasteiger partial charge is 0.321 e. The maximum atomic E-state index is 12.9. The molecule has 4 nitrogen and oxygen atoms in total. The summed E-state index contributed by atoms with van der Waals surface area (Å²) in [6.07, 6.45) is -3.61. The summed E-state index contributed by atoms with van der Waals surface area (Å²) in [5.41, 5.74) is 1.38. The van der Waals surface area contributed by atoms with Crippen molar-refractivity contribution in [1.29, 1.82) is 0 Å². The third-order valence-corrected chi connectivity index (χ3v) is 4.62. The molecular weight excluding hydrogens is 399 g/mol. The largest absolute Gasteiger partial charge is 0.417 e. The number of benzene rings is 1. The van der Waals surface area contributed by atoms with Gasteiger partial charge < -0.3 is 5.32 Å². The Kier molecular flexibility index (Phi) is 4.32. The monoisotopic (exact) mass is 411 g/mol. The van der Waals surface area contributed by atoms with Gasteiger partial charge in [-0.3, -0.25) is 9.20 Å². The lowest BCUT2D eigenvalue weighted by molar-refractivity contribution is -0.137. The molecule has 0 fully saturated rings. The fourth-order valence-corrected chi connectivity index (χ4v) is 2.84. The number of fused-ring (bicyclic) bond motifs is 1. The van der Waals surface area contributed by atoms with Crippen LogP contribution in [0.2, 0.25) is 0 Å². The van der Waals surface area contributed by atoms with Crippen LogP contribution in [0, 0.1) is 13.8 Å². The van der Waals surface area contributed by atoms with Crippen LogP contribution in [-0.4, -0.2) is 15.3 Å². The predicted molar refractivity (Wildman–Crippen MR) is 91.8 cm³/mol. The topological polar surface area (TPSA) is 46.4 Å². The minimum Gasteiger partial charge on any atom is -0.321 e. The number of pyridine rings is 1. The van der Waals surface area contributed by atoms with Gasteiger partial charge in [0.05, 0.1) is 11.3 Å². The Hall–Kier alpha value is -2.35. The summed E-state index contributed by atoms with van der Waals surface area (Å²) in [6.45, 7) is 3.49. The van der Waals surface area contributed by atoms with Gasteiger partial charge in [-0.15, -0.1) is 0 Å². The van der Waals surface area contributed by atoms with Gasteiger partial charge in [0.2, 0.25) is 0 Å². The van der Waals surface area contributed by atoms with Crippen molar-refractivity contribution >= 4 is 33.2 Å². The maximum absolute atomic E-state index is 12.9. The molecule has 0 saturated heterocycles. The van der Waals surface area contributed by atoms with Crippen LogP contribution in [0.5, 0.6) is 0 Å². The summed E-state index contributed by atoms with van der Waals surface area (Å²) in [5, 5.41) is 2.69. The van der Waals surface area contributed by atoms with Gasteiger partial charge in [-0.2, -0.15) is 13.2 Å². The number of aryl methyl sites for hydroxylation is 2. The second-order valence-corrected chi connectivity index (χ2v) is 6.46. The second-order valence-electron chi connectivity index (χ2n) is 5.61. The van der Waals surface area contributed by atoms with Gasteiger partial charge in [-0.05, 0) is 43.7 Å². The van der Waals surface area contributed by atoms with E-state index in [2.05, 4.69) is 26.2 Å². The van der Waals surface area contributed by atoms with E-state index in [1.165, 1.54) is 6.07 Å². The molecule has 0 spiro atoms. The number of anilines is 1. The van der Waals surface area contributed by atoms with Crippen LogP contribution < -0.4 is 5.32 Å². The van der Waals surface area contributed by atoms with Gasteiger partial charge in [0, 0.05) is 16.4 Å². The lowest BCUT2D eigenvalue weighted by Crippen LogP contribution is -2.16. The summed E-state index contributed by atoms with van der Waals surface area (Å²) in [5.74, 6) is -0.528. The fraction of sp³-hybridized carbons (Fsp3) is 0.176. The first-order chi connectivity index (χ1) is 11.7. The summed E-state index contributed by atoms with van der Waals surface area (Å²) in [7, 11) is 0. The molecule has 130 valence electrons. The van der Waals surface area contributed by atoms with E-state index in [0.29, 0.717) is 11.4 Å².